The molecule has 1 heteroatoms. The Morgan fingerprint density at radius 2 is 1.50 bits per heavy atom. The minimum absolute atomic E-state index is 0.166. The first kappa shape index (κ1) is 9.47. The fourth-order valence-electron chi connectivity index (χ4n) is 2.03. The largest absolute Gasteiger partial charge is 0.0691 e. The molecule has 14 heavy (non-hydrogen) atoms. The minimum atomic E-state index is -0.166. The van der Waals surface area contributed by atoms with E-state index in [2.05, 4.69) is 56.3 Å². The van der Waals surface area contributed by atoms with Gasteiger partial charge in [-0.25, -0.2) is 0 Å². The lowest BCUT2D eigenvalue weighted by Crippen LogP contribution is -2.19. The lowest BCUT2D eigenvalue weighted by atomic mass is 10.2. The molecule has 1 aliphatic rings. The summed E-state index contributed by atoms with van der Waals surface area (Å²) in [6.45, 7) is 4.52. The lowest BCUT2D eigenvalue weighted by molar-refractivity contribution is 1.13. The third-order valence-corrected chi connectivity index (χ3v) is 5.63. The average Bonchev–Trinajstić information content (AvgIpc) is 2.51. The SMILES string of the molecule is CC1=CC=C(C)C1[SiH2]c1ccccc1. The molecule has 72 valence electrons. The van der Waals surface area contributed by atoms with Crippen molar-refractivity contribution in [2.24, 2.45) is 0 Å². The number of allylic oxidation sites excluding steroid dienone is 4. The molecule has 0 radical (unpaired) electrons. The van der Waals surface area contributed by atoms with Crippen LogP contribution in [0.25, 0.3) is 0 Å². The maximum absolute atomic E-state index is 2.27. The van der Waals surface area contributed by atoms with Crippen LogP contribution in [0.5, 0.6) is 0 Å². The van der Waals surface area contributed by atoms with Gasteiger partial charge < -0.3 is 0 Å². The Bertz CT molecular complexity index is 355. The molecule has 0 saturated carbocycles. The van der Waals surface area contributed by atoms with Gasteiger partial charge in [0, 0.05) is 0 Å². The van der Waals surface area contributed by atoms with Gasteiger partial charge in [-0.2, -0.15) is 0 Å². The van der Waals surface area contributed by atoms with E-state index in [1.807, 2.05) is 0 Å². The maximum Gasteiger partial charge on any atom is 0.0670 e. The predicted octanol–water partition coefficient (Wildman–Crippen LogP) is 2.18. The van der Waals surface area contributed by atoms with Crippen molar-refractivity contribution in [1.82, 2.24) is 0 Å². The summed E-state index contributed by atoms with van der Waals surface area (Å²) in [7, 11) is -0.166. The molecule has 0 amide bonds. The van der Waals surface area contributed by atoms with Crippen LogP contribution in [0.4, 0.5) is 0 Å². The van der Waals surface area contributed by atoms with E-state index in [1.54, 1.807) is 16.3 Å². The van der Waals surface area contributed by atoms with Crippen LogP contribution in [0.1, 0.15) is 13.8 Å². The summed E-state index contributed by atoms with van der Waals surface area (Å²) in [6.07, 6.45) is 4.55. The average molecular weight is 200 g/mol. The van der Waals surface area contributed by atoms with E-state index in [-0.39, 0.29) is 9.52 Å². The molecule has 1 aromatic carbocycles. The van der Waals surface area contributed by atoms with Gasteiger partial charge in [-0.15, -0.1) is 0 Å². The highest BCUT2D eigenvalue weighted by Gasteiger charge is 2.17. The zero-order valence-corrected chi connectivity index (χ0v) is 10.2. The van der Waals surface area contributed by atoms with Crippen LogP contribution in [-0.4, -0.2) is 9.52 Å². The summed E-state index contributed by atoms with van der Waals surface area (Å²) < 4.78 is 0. The van der Waals surface area contributed by atoms with Crippen molar-refractivity contribution in [3.05, 3.63) is 53.6 Å². The van der Waals surface area contributed by atoms with E-state index in [9.17, 15) is 0 Å². The Balaban J connectivity index is 2.13. The predicted molar refractivity (Wildman–Crippen MR) is 65.9 cm³/mol. The van der Waals surface area contributed by atoms with Crippen molar-refractivity contribution < 1.29 is 0 Å². The maximum atomic E-state index is 2.27. The Kier molecular flexibility index (Phi) is 2.68. The van der Waals surface area contributed by atoms with Crippen molar-refractivity contribution in [2.45, 2.75) is 19.4 Å². The third-order valence-electron chi connectivity index (χ3n) is 2.99. The fraction of sp³-hybridized carbons (Fsp3) is 0.231. The first-order chi connectivity index (χ1) is 6.77. The van der Waals surface area contributed by atoms with Crippen LogP contribution < -0.4 is 5.19 Å². The minimum Gasteiger partial charge on any atom is -0.0691 e. The smallest absolute Gasteiger partial charge is 0.0670 e. The van der Waals surface area contributed by atoms with Crippen LogP contribution in [0, 0.1) is 0 Å². The molecule has 2 rings (SSSR count). The monoisotopic (exact) mass is 200 g/mol. The van der Waals surface area contributed by atoms with Gasteiger partial charge in [-0.3, -0.25) is 0 Å². The van der Waals surface area contributed by atoms with Gasteiger partial charge in [0.1, 0.15) is 0 Å². The van der Waals surface area contributed by atoms with Crippen molar-refractivity contribution in [3.63, 3.8) is 0 Å². The number of hydrogen-bond donors (Lipinski definition) is 0. The van der Waals surface area contributed by atoms with Crippen molar-refractivity contribution >= 4 is 14.7 Å². The normalized spacial score (nSPS) is 17.6. The Hall–Kier alpha value is -1.08. The Morgan fingerprint density at radius 3 is 2.07 bits per heavy atom. The summed E-state index contributed by atoms with van der Waals surface area (Å²) in [4.78, 5) is 0. The summed E-state index contributed by atoms with van der Waals surface area (Å²) in [6, 6.07) is 10.9. The Morgan fingerprint density at radius 1 is 0.929 bits per heavy atom. The molecule has 1 aliphatic carbocycles. The zero-order chi connectivity index (χ0) is 9.97. The summed E-state index contributed by atoms with van der Waals surface area (Å²) in [5, 5.41) is 1.57. The van der Waals surface area contributed by atoms with Crippen LogP contribution in [0.3, 0.4) is 0 Å². The van der Waals surface area contributed by atoms with E-state index >= 15 is 0 Å². The highest BCUT2D eigenvalue weighted by atomic mass is 28.2. The molecule has 0 unspecified atom stereocenters. The number of hydrogen-bond acceptors (Lipinski definition) is 0. The second-order valence-electron chi connectivity index (χ2n) is 4.06. The molecular weight excluding hydrogens is 184 g/mol. The van der Waals surface area contributed by atoms with Gasteiger partial charge in [0.2, 0.25) is 0 Å². The van der Waals surface area contributed by atoms with Crippen LogP contribution in [0.15, 0.2) is 53.6 Å². The molecule has 0 saturated heterocycles. The molecule has 0 bridgehead atoms. The molecule has 0 atom stereocenters. The summed E-state index contributed by atoms with van der Waals surface area (Å²) >= 11 is 0. The quantitative estimate of drug-likeness (QED) is 0.642. The first-order valence-corrected chi connectivity index (χ1v) is 6.68. The first-order valence-electron chi connectivity index (χ1n) is 5.16. The molecule has 0 aliphatic heterocycles. The van der Waals surface area contributed by atoms with Gasteiger partial charge in [-0.05, 0) is 19.4 Å². The zero-order valence-electron chi connectivity index (χ0n) is 8.83. The Labute approximate surface area is 88.2 Å². The summed E-state index contributed by atoms with van der Waals surface area (Å²) in [5.74, 6) is 0. The van der Waals surface area contributed by atoms with E-state index in [4.69, 9.17) is 0 Å². The second kappa shape index (κ2) is 3.97. The highest BCUT2D eigenvalue weighted by Crippen LogP contribution is 2.30. The molecule has 0 aromatic heterocycles. The molecular formula is C13H16Si. The van der Waals surface area contributed by atoms with E-state index in [0.717, 1.165) is 5.54 Å². The topological polar surface area (TPSA) is 0 Å². The number of rotatable bonds is 2. The van der Waals surface area contributed by atoms with Gasteiger partial charge in [0.15, 0.2) is 0 Å². The van der Waals surface area contributed by atoms with Crippen molar-refractivity contribution in [3.8, 4) is 0 Å². The van der Waals surface area contributed by atoms with E-state index in [0.29, 0.717) is 0 Å². The summed E-state index contributed by atoms with van der Waals surface area (Å²) in [5.41, 5.74) is 3.88. The lowest BCUT2D eigenvalue weighted by Gasteiger charge is -2.13. The molecule has 0 nitrogen and oxygen atoms in total. The van der Waals surface area contributed by atoms with Crippen LogP contribution in [0.2, 0.25) is 5.54 Å². The molecule has 0 N–H and O–H groups in total. The second-order valence-corrected chi connectivity index (χ2v) is 6.10. The van der Waals surface area contributed by atoms with E-state index < -0.39 is 0 Å². The van der Waals surface area contributed by atoms with Gasteiger partial charge in [-0.1, -0.05) is 58.8 Å². The van der Waals surface area contributed by atoms with Gasteiger partial charge in [0.25, 0.3) is 0 Å². The van der Waals surface area contributed by atoms with Crippen LogP contribution in [-0.2, 0) is 0 Å². The van der Waals surface area contributed by atoms with Crippen molar-refractivity contribution in [2.75, 3.05) is 0 Å². The van der Waals surface area contributed by atoms with Gasteiger partial charge in [0.05, 0.1) is 9.52 Å². The standard InChI is InChI=1S/C13H16Si/c1-10-8-9-11(2)13(10)14-12-6-4-3-5-7-12/h3-9,13H,14H2,1-2H3. The number of benzene rings is 1. The van der Waals surface area contributed by atoms with E-state index in [1.165, 1.54) is 0 Å². The van der Waals surface area contributed by atoms with Gasteiger partial charge >= 0.3 is 0 Å². The van der Waals surface area contributed by atoms with Crippen LogP contribution >= 0.6 is 0 Å². The highest BCUT2D eigenvalue weighted by molar-refractivity contribution is 6.56. The van der Waals surface area contributed by atoms with Crippen molar-refractivity contribution in [1.29, 1.82) is 0 Å². The molecule has 0 heterocycles. The molecule has 0 fully saturated rings. The molecule has 1 aromatic rings. The molecule has 0 spiro atoms. The fourth-order valence-corrected chi connectivity index (χ4v) is 3.96. The third kappa shape index (κ3) is 1.88.